The maximum atomic E-state index is 13.0. The van der Waals surface area contributed by atoms with E-state index in [-0.39, 0.29) is 12.2 Å². The first-order valence-corrected chi connectivity index (χ1v) is 11.4. The van der Waals surface area contributed by atoms with Crippen LogP contribution in [0, 0.1) is 5.92 Å². The molecule has 0 spiro atoms. The van der Waals surface area contributed by atoms with Gasteiger partial charge in [-0.25, -0.2) is 4.79 Å². The molecule has 1 aromatic carbocycles. The number of aliphatic carboxylic acids is 2. The molecule has 0 saturated carbocycles. The van der Waals surface area contributed by atoms with Gasteiger partial charge in [-0.05, 0) is 23.6 Å². The molecular weight excluding hydrogens is 490 g/mol. The van der Waals surface area contributed by atoms with E-state index in [1.807, 2.05) is 0 Å². The maximum absolute atomic E-state index is 13.0. The van der Waals surface area contributed by atoms with Crippen LogP contribution < -0.4 is 27.4 Å². The summed E-state index contributed by atoms with van der Waals surface area (Å²) >= 11 is 0. The van der Waals surface area contributed by atoms with Crippen LogP contribution in [0.4, 0.5) is 0 Å². The molecule has 204 valence electrons. The second kappa shape index (κ2) is 14.4. The lowest BCUT2D eigenvalue weighted by molar-refractivity contribution is -0.143. The number of rotatable bonds is 15. The van der Waals surface area contributed by atoms with Crippen LogP contribution in [0.3, 0.4) is 0 Å². The number of carbonyl (C=O) groups excluding carboxylic acids is 4. The minimum absolute atomic E-state index is 0.0394. The summed E-state index contributed by atoms with van der Waals surface area (Å²) in [4.78, 5) is 72.3. The fourth-order valence-electron chi connectivity index (χ4n) is 3.26. The van der Waals surface area contributed by atoms with Crippen molar-refractivity contribution >= 4 is 35.6 Å². The predicted molar refractivity (Wildman–Crippen MR) is 129 cm³/mol. The molecule has 0 radical (unpaired) electrons. The highest BCUT2D eigenvalue weighted by atomic mass is 16.4. The highest BCUT2D eigenvalue weighted by Gasteiger charge is 2.33. The number of hydrogen-bond donors (Lipinski definition) is 8. The number of carboxylic acids is 2. The van der Waals surface area contributed by atoms with Gasteiger partial charge in [0.2, 0.25) is 23.6 Å². The highest BCUT2D eigenvalue weighted by molar-refractivity contribution is 5.96. The van der Waals surface area contributed by atoms with E-state index in [0.29, 0.717) is 12.0 Å². The minimum atomic E-state index is -1.67. The SMILES string of the molecule is CCC(C)C(NC(=O)C(N)CC(N)=O)C(=O)NC(CC(=O)O)C(=O)NC(Cc1ccc(O)cc1)C(=O)O. The number of aromatic hydroxyl groups is 1. The largest absolute Gasteiger partial charge is 0.508 e. The molecule has 5 atom stereocenters. The summed E-state index contributed by atoms with van der Waals surface area (Å²) < 4.78 is 0. The van der Waals surface area contributed by atoms with Gasteiger partial charge in [-0.2, -0.15) is 0 Å². The second-order valence-corrected chi connectivity index (χ2v) is 8.58. The molecule has 0 saturated heterocycles. The predicted octanol–water partition coefficient (Wildman–Crippen LogP) is -1.80. The number of hydrogen-bond acceptors (Lipinski definition) is 8. The number of benzene rings is 1. The maximum Gasteiger partial charge on any atom is 0.326 e. The summed E-state index contributed by atoms with van der Waals surface area (Å²) in [5, 5.41) is 35.0. The van der Waals surface area contributed by atoms with E-state index in [4.69, 9.17) is 11.5 Å². The van der Waals surface area contributed by atoms with Crippen LogP contribution in [0.5, 0.6) is 5.75 Å². The smallest absolute Gasteiger partial charge is 0.326 e. The van der Waals surface area contributed by atoms with Gasteiger partial charge in [-0.1, -0.05) is 32.4 Å². The third-order valence-electron chi connectivity index (χ3n) is 5.55. The molecule has 0 heterocycles. The van der Waals surface area contributed by atoms with E-state index >= 15 is 0 Å². The Hall–Kier alpha value is -4.20. The van der Waals surface area contributed by atoms with Crippen LogP contribution in [0.2, 0.25) is 0 Å². The number of phenols is 1. The fourth-order valence-corrected chi connectivity index (χ4v) is 3.26. The van der Waals surface area contributed by atoms with E-state index in [1.165, 1.54) is 24.3 Å². The Labute approximate surface area is 212 Å². The van der Waals surface area contributed by atoms with Crippen LogP contribution in [0.15, 0.2) is 24.3 Å². The molecule has 4 amide bonds. The third-order valence-corrected chi connectivity index (χ3v) is 5.55. The van der Waals surface area contributed by atoms with Crippen molar-refractivity contribution in [3.05, 3.63) is 29.8 Å². The lowest BCUT2D eigenvalue weighted by atomic mass is 9.97. The Kier molecular flexibility index (Phi) is 12.0. The fraction of sp³-hybridized carbons (Fsp3) is 0.478. The molecule has 1 rings (SSSR count). The Morgan fingerprint density at radius 2 is 1.43 bits per heavy atom. The minimum Gasteiger partial charge on any atom is -0.508 e. The lowest BCUT2D eigenvalue weighted by Gasteiger charge is -2.27. The van der Waals surface area contributed by atoms with Crippen LogP contribution in [-0.4, -0.2) is 75.1 Å². The first kappa shape index (κ1) is 30.8. The van der Waals surface area contributed by atoms with Gasteiger partial charge < -0.3 is 42.7 Å². The standard InChI is InChI=1S/C23H33N5O9/c1-3-11(2)19(28-20(33)14(24)9-17(25)30)22(35)26-15(10-18(31)32)21(34)27-16(23(36)37)8-12-4-6-13(29)7-5-12/h4-7,11,14-16,19,29H,3,8-10,24H2,1-2H3,(H2,25,30)(H,26,35)(H,27,34)(H,28,33)(H,31,32)(H,36,37). The van der Waals surface area contributed by atoms with Crippen molar-refractivity contribution in [2.24, 2.45) is 17.4 Å². The number of amides is 4. The van der Waals surface area contributed by atoms with Crippen LogP contribution >= 0.6 is 0 Å². The number of phenolic OH excluding ortho intramolecular Hbond substituents is 1. The summed E-state index contributed by atoms with van der Waals surface area (Å²) in [5.41, 5.74) is 11.1. The van der Waals surface area contributed by atoms with Crippen molar-refractivity contribution in [1.29, 1.82) is 0 Å². The number of carbonyl (C=O) groups is 6. The molecule has 14 nitrogen and oxygen atoms in total. The monoisotopic (exact) mass is 523 g/mol. The Balaban J connectivity index is 3.05. The molecule has 10 N–H and O–H groups in total. The average Bonchev–Trinajstić information content (AvgIpc) is 2.81. The normalized spacial score (nSPS) is 14.8. The zero-order valence-corrected chi connectivity index (χ0v) is 20.5. The zero-order valence-electron chi connectivity index (χ0n) is 20.5. The van der Waals surface area contributed by atoms with E-state index in [2.05, 4.69) is 16.0 Å². The van der Waals surface area contributed by atoms with Crippen LogP contribution in [0.1, 0.15) is 38.7 Å². The summed E-state index contributed by atoms with van der Waals surface area (Å²) in [5.74, 6) is -7.03. The average molecular weight is 524 g/mol. The summed E-state index contributed by atoms with van der Waals surface area (Å²) in [6.45, 7) is 3.34. The van der Waals surface area contributed by atoms with Crippen molar-refractivity contribution in [3.63, 3.8) is 0 Å². The third kappa shape index (κ3) is 10.5. The molecular formula is C23H33N5O9. The van der Waals surface area contributed by atoms with E-state index < -0.39 is 78.5 Å². The van der Waals surface area contributed by atoms with Crippen molar-refractivity contribution < 1.29 is 44.1 Å². The molecule has 1 aromatic rings. The van der Waals surface area contributed by atoms with Gasteiger partial charge in [0.1, 0.15) is 23.9 Å². The quantitative estimate of drug-likeness (QED) is 0.128. The summed E-state index contributed by atoms with van der Waals surface area (Å²) in [6.07, 6.45) is -1.13. The molecule has 0 aliphatic carbocycles. The second-order valence-electron chi connectivity index (χ2n) is 8.58. The Morgan fingerprint density at radius 1 is 0.865 bits per heavy atom. The molecule has 14 heteroatoms. The molecule has 0 bridgehead atoms. The Morgan fingerprint density at radius 3 is 1.92 bits per heavy atom. The topological polar surface area (TPSA) is 251 Å². The van der Waals surface area contributed by atoms with Crippen molar-refractivity contribution in [3.8, 4) is 5.75 Å². The van der Waals surface area contributed by atoms with Gasteiger partial charge in [0.15, 0.2) is 0 Å². The van der Waals surface area contributed by atoms with E-state index in [0.717, 1.165) is 0 Å². The van der Waals surface area contributed by atoms with Crippen molar-refractivity contribution in [2.75, 3.05) is 0 Å². The molecule has 0 aliphatic heterocycles. The van der Waals surface area contributed by atoms with Gasteiger partial charge in [-0.3, -0.25) is 24.0 Å². The van der Waals surface area contributed by atoms with Crippen molar-refractivity contribution in [2.45, 2.75) is 63.7 Å². The summed E-state index contributed by atoms with van der Waals surface area (Å²) in [6, 6.07) is -0.132. The number of carboxylic acid groups (broad SMARTS) is 2. The highest BCUT2D eigenvalue weighted by Crippen LogP contribution is 2.12. The molecule has 5 unspecified atom stereocenters. The van der Waals surface area contributed by atoms with Crippen molar-refractivity contribution in [1.82, 2.24) is 16.0 Å². The molecule has 0 aromatic heterocycles. The van der Waals surface area contributed by atoms with E-state index in [1.54, 1.807) is 13.8 Å². The first-order chi connectivity index (χ1) is 17.2. The van der Waals surface area contributed by atoms with Gasteiger partial charge >= 0.3 is 11.9 Å². The van der Waals surface area contributed by atoms with Crippen LogP contribution in [0.25, 0.3) is 0 Å². The summed E-state index contributed by atoms with van der Waals surface area (Å²) in [7, 11) is 0. The number of nitrogens with one attached hydrogen (secondary N) is 3. The van der Waals surface area contributed by atoms with Gasteiger partial charge in [0, 0.05) is 6.42 Å². The zero-order chi connectivity index (χ0) is 28.3. The number of nitrogens with two attached hydrogens (primary N) is 2. The van der Waals surface area contributed by atoms with Gasteiger partial charge in [0.25, 0.3) is 0 Å². The number of primary amides is 1. The first-order valence-electron chi connectivity index (χ1n) is 11.4. The lowest BCUT2D eigenvalue weighted by Crippen LogP contribution is -2.59. The van der Waals surface area contributed by atoms with Crippen LogP contribution in [-0.2, 0) is 35.2 Å². The van der Waals surface area contributed by atoms with Gasteiger partial charge in [-0.15, -0.1) is 0 Å². The molecule has 0 fully saturated rings. The van der Waals surface area contributed by atoms with Gasteiger partial charge in [0.05, 0.1) is 18.9 Å². The van der Waals surface area contributed by atoms with E-state index in [9.17, 15) is 44.1 Å². The Bertz CT molecular complexity index is 999. The molecule has 37 heavy (non-hydrogen) atoms. The molecule has 0 aliphatic rings.